The van der Waals surface area contributed by atoms with Crippen molar-refractivity contribution >= 4 is 11.9 Å². The molecule has 1 saturated heterocycles. The van der Waals surface area contributed by atoms with E-state index in [2.05, 4.69) is 4.74 Å². The van der Waals surface area contributed by atoms with Gasteiger partial charge >= 0.3 is 11.9 Å². The van der Waals surface area contributed by atoms with E-state index in [9.17, 15) is 14.7 Å². The topological polar surface area (TPSA) is 82.1 Å². The lowest BCUT2D eigenvalue weighted by molar-refractivity contribution is -0.153. The summed E-state index contributed by atoms with van der Waals surface area (Å²) in [6.45, 7) is 7.15. The van der Waals surface area contributed by atoms with Gasteiger partial charge in [-0.2, -0.15) is 0 Å². The first-order valence-electron chi connectivity index (χ1n) is 8.03. The summed E-state index contributed by atoms with van der Waals surface area (Å²) < 4.78 is 15.7. The minimum absolute atomic E-state index is 0.0366. The van der Waals surface area contributed by atoms with Gasteiger partial charge in [-0.25, -0.2) is 0 Å². The Balaban J connectivity index is 2.21. The number of hydrogen-bond acceptors (Lipinski definition) is 6. The summed E-state index contributed by atoms with van der Waals surface area (Å²) in [7, 11) is 0. The Labute approximate surface area is 137 Å². The van der Waals surface area contributed by atoms with Crippen LogP contribution in [-0.4, -0.2) is 42.0 Å². The number of carbonyl (C=O) groups excluding carboxylic acids is 2. The monoisotopic (exact) mass is 328 g/mol. The molecule has 0 amide bonds. The summed E-state index contributed by atoms with van der Waals surface area (Å²) in [4.78, 5) is 22.2. The SMILES string of the molecule is CC(=O)O/C=C/C[C@@H]1O[C@@H](CCCOC(=O)C(C)(C)C)C[C@H]1O. The Morgan fingerprint density at radius 2 is 2.04 bits per heavy atom. The molecule has 1 aliphatic rings. The molecule has 6 nitrogen and oxygen atoms in total. The molecule has 1 rings (SSSR count). The van der Waals surface area contributed by atoms with Gasteiger partial charge in [-0.1, -0.05) is 0 Å². The van der Waals surface area contributed by atoms with Crippen molar-refractivity contribution in [1.82, 2.24) is 0 Å². The molecule has 1 aliphatic heterocycles. The predicted molar refractivity (Wildman–Crippen MR) is 84.5 cm³/mol. The van der Waals surface area contributed by atoms with Gasteiger partial charge in [-0.15, -0.1) is 0 Å². The Morgan fingerprint density at radius 1 is 1.35 bits per heavy atom. The van der Waals surface area contributed by atoms with E-state index < -0.39 is 11.5 Å². The number of rotatable bonds is 7. The maximum Gasteiger partial charge on any atom is 0.311 e. The molecule has 0 aromatic rings. The highest BCUT2D eigenvalue weighted by atomic mass is 16.5. The standard InChI is InChI=1S/C17H28O6/c1-12(18)21-9-6-8-15-14(19)11-13(23-15)7-5-10-22-16(20)17(2,3)4/h6,9,13-15,19H,5,7-8,10-11H2,1-4H3/b9-6+/t13-,14+,15-/m0/s1. The van der Waals surface area contributed by atoms with Crippen LogP contribution < -0.4 is 0 Å². The summed E-state index contributed by atoms with van der Waals surface area (Å²) in [6, 6.07) is 0. The van der Waals surface area contributed by atoms with E-state index in [1.807, 2.05) is 20.8 Å². The molecule has 1 fully saturated rings. The van der Waals surface area contributed by atoms with Crippen LogP contribution in [0.5, 0.6) is 0 Å². The molecule has 0 spiro atoms. The Kier molecular flexibility index (Phi) is 7.72. The number of hydrogen-bond donors (Lipinski definition) is 1. The summed E-state index contributed by atoms with van der Waals surface area (Å²) in [5.41, 5.74) is -0.487. The first-order valence-corrected chi connectivity index (χ1v) is 8.03. The van der Waals surface area contributed by atoms with Crippen LogP contribution in [0.2, 0.25) is 0 Å². The van der Waals surface area contributed by atoms with Crippen LogP contribution in [0.15, 0.2) is 12.3 Å². The molecular formula is C17H28O6. The number of ether oxygens (including phenoxy) is 3. The van der Waals surface area contributed by atoms with Crippen LogP contribution in [0.25, 0.3) is 0 Å². The molecule has 23 heavy (non-hydrogen) atoms. The van der Waals surface area contributed by atoms with Crippen LogP contribution in [0.4, 0.5) is 0 Å². The van der Waals surface area contributed by atoms with Gasteiger partial charge in [0.05, 0.1) is 36.6 Å². The zero-order valence-electron chi connectivity index (χ0n) is 14.4. The number of aliphatic hydroxyl groups excluding tert-OH is 1. The molecule has 1 N–H and O–H groups in total. The van der Waals surface area contributed by atoms with Gasteiger partial charge < -0.3 is 19.3 Å². The zero-order valence-corrected chi connectivity index (χ0v) is 14.4. The van der Waals surface area contributed by atoms with Gasteiger partial charge in [0.2, 0.25) is 0 Å². The summed E-state index contributed by atoms with van der Waals surface area (Å²) in [5, 5.41) is 9.97. The smallest absolute Gasteiger partial charge is 0.311 e. The molecule has 0 unspecified atom stereocenters. The molecule has 0 aromatic carbocycles. The predicted octanol–water partition coefficient (Wildman–Crippen LogP) is 2.34. The quantitative estimate of drug-likeness (QED) is 0.439. The van der Waals surface area contributed by atoms with E-state index in [1.165, 1.54) is 13.2 Å². The van der Waals surface area contributed by atoms with E-state index in [4.69, 9.17) is 9.47 Å². The van der Waals surface area contributed by atoms with Gasteiger partial charge in [0.25, 0.3) is 0 Å². The first-order chi connectivity index (χ1) is 10.7. The summed E-state index contributed by atoms with van der Waals surface area (Å²) in [5.74, 6) is -0.588. The number of carbonyl (C=O) groups is 2. The van der Waals surface area contributed by atoms with Crippen LogP contribution in [0.1, 0.15) is 53.4 Å². The van der Waals surface area contributed by atoms with E-state index in [0.29, 0.717) is 25.9 Å². The second kappa shape index (κ2) is 9.03. The van der Waals surface area contributed by atoms with Crippen molar-refractivity contribution < 1.29 is 28.9 Å². The van der Waals surface area contributed by atoms with Gasteiger partial charge in [-0.05, 0) is 46.1 Å². The molecule has 1 heterocycles. The van der Waals surface area contributed by atoms with E-state index in [0.717, 1.165) is 6.42 Å². The van der Waals surface area contributed by atoms with Crippen molar-refractivity contribution in [3.05, 3.63) is 12.3 Å². The van der Waals surface area contributed by atoms with Crippen molar-refractivity contribution in [2.24, 2.45) is 5.41 Å². The first kappa shape index (κ1) is 19.6. The van der Waals surface area contributed by atoms with Crippen molar-refractivity contribution in [3.8, 4) is 0 Å². The Hall–Kier alpha value is -1.40. The van der Waals surface area contributed by atoms with Gasteiger partial charge in [-0.3, -0.25) is 9.59 Å². The highest BCUT2D eigenvalue weighted by Gasteiger charge is 2.32. The molecule has 0 aliphatic carbocycles. The molecule has 0 saturated carbocycles. The third kappa shape index (κ3) is 7.61. The normalized spacial score (nSPS) is 24.8. The van der Waals surface area contributed by atoms with E-state index >= 15 is 0 Å². The molecule has 0 aromatic heterocycles. The van der Waals surface area contributed by atoms with Crippen molar-refractivity contribution in [2.75, 3.05) is 6.61 Å². The highest BCUT2D eigenvalue weighted by molar-refractivity contribution is 5.75. The lowest BCUT2D eigenvalue weighted by Gasteiger charge is -2.17. The fraction of sp³-hybridized carbons (Fsp3) is 0.765. The van der Waals surface area contributed by atoms with Gasteiger partial charge in [0, 0.05) is 13.3 Å². The average molecular weight is 328 g/mol. The molecule has 0 radical (unpaired) electrons. The third-order valence-corrected chi connectivity index (χ3v) is 3.52. The van der Waals surface area contributed by atoms with Crippen molar-refractivity contribution in [2.45, 2.75) is 71.7 Å². The van der Waals surface area contributed by atoms with Gasteiger partial charge in [0.1, 0.15) is 0 Å². The van der Waals surface area contributed by atoms with Crippen LogP contribution >= 0.6 is 0 Å². The minimum atomic E-state index is -0.529. The Morgan fingerprint density at radius 3 is 2.65 bits per heavy atom. The lowest BCUT2D eigenvalue weighted by atomic mass is 9.97. The van der Waals surface area contributed by atoms with Crippen LogP contribution in [-0.2, 0) is 23.8 Å². The fourth-order valence-electron chi connectivity index (χ4n) is 2.24. The molecular weight excluding hydrogens is 300 g/mol. The minimum Gasteiger partial charge on any atom is -0.465 e. The maximum atomic E-state index is 11.6. The number of aliphatic hydroxyl groups is 1. The van der Waals surface area contributed by atoms with Crippen molar-refractivity contribution in [1.29, 1.82) is 0 Å². The third-order valence-electron chi connectivity index (χ3n) is 3.52. The van der Waals surface area contributed by atoms with E-state index in [-0.39, 0.29) is 24.1 Å². The maximum absolute atomic E-state index is 11.6. The van der Waals surface area contributed by atoms with Gasteiger partial charge in [0.15, 0.2) is 0 Å². The van der Waals surface area contributed by atoms with Crippen LogP contribution in [0, 0.1) is 5.41 Å². The largest absolute Gasteiger partial charge is 0.465 e. The summed E-state index contributed by atoms with van der Waals surface area (Å²) in [6.07, 6.45) is 4.63. The number of esters is 2. The fourth-order valence-corrected chi connectivity index (χ4v) is 2.24. The lowest BCUT2D eigenvalue weighted by Crippen LogP contribution is -2.23. The average Bonchev–Trinajstić information content (AvgIpc) is 2.78. The summed E-state index contributed by atoms with van der Waals surface area (Å²) >= 11 is 0. The highest BCUT2D eigenvalue weighted by Crippen LogP contribution is 2.26. The second-order valence-electron chi connectivity index (χ2n) is 6.84. The zero-order chi connectivity index (χ0) is 17.5. The molecule has 0 bridgehead atoms. The van der Waals surface area contributed by atoms with E-state index in [1.54, 1.807) is 6.08 Å². The molecule has 132 valence electrons. The second-order valence-corrected chi connectivity index (χ2v) is 6.84. The van der Waals surface area contributed by atoms with Crippen molar-refractivity contribution in [3.63, 3.8) is 0 Å². The van der Waals surface area contributed by atoms with Crippen LogP contribution in [0.3, 0.4) is 0 Å². The Bertz CT molecular complexity index is 423. The molecule has 3 atom stereocenters. The molecule has 6 heteroatoms.